The molecule has 0 fully saturated rings. The van der Waals surface area contributed by atoms with E-state index in [0.717, 1.165) is 16.5 Å². The Balaban J connectivity index is 2.11. The molecular formula is C13H16N2O3. The van der Waals surface area contributed by atoms with Gasteiger partial charge in [0.25, 0.3) is 0 Å². The molecule has 1 atom stereocenters. The van der Waals surface area contributed by atoms with Gasteiger partial charge in [-0.05, 0) is 30.2 Å². The van der Waals surface area contributed by atoms with E-state index in [1.165, 1.54) is 6.92 Å². The molecule has 1 aromatic carbocycles. The monoisotopic (exact) mass is 248 g/mol. The minimum Gasteiger partial charge on any atom is -0.508 e. The van der Waals surface area contributed by atoms with Gasteiger partial charge >= 0.3 is 5.97 Å². The van der Waals surface area contributed by atoms with Crippen molar-refractivity contribution in [3.05, 3.63) is 30.0 Å². The number of phenolic OH excluding ortho intramolecular Hbond substituents is 1. The number of carbonyl (C=O) groups is 1. The van der Waals surface area contributed by atoms with Gasteiger partial charge in [0.15, 0.2) is 0 Å². The molecule has 0 aliphatic rings. The normalized spacial score (nSPS) is 12.6. The van der Waals surface area contributed by atoms with E-state index in [9.17, 15) is 9.90 Å². The topological polar surface area (TPSA) is 88.3 Å². The Morgan fingerprint density at radius 3 is 3.06 bits per heavy atom. The van der Waals surface area contributed by atoms with Crippen LogP contribution in [0.2, 0.25) is 0 Å². The molecule has 5 heteroatoms. The lowest BCUT2D eigenvalue weighted by molar-refractivity contribution is -0.141. The first kappa shape index (κ1) is 12.4. The Morgan fingerprint density at radius 1 is 1.56 bits per heavy atom. The van der Waals surface area contributed by atoms with Crippen molar-refractivity contribution in [3.63, 3.8) is 0 Å². The molecule has 0 bridgehead atoms. The van der Waals surface area contributed by atoms with Crippen LogP contribution in [0.25, 0.3) is 10.9 Å². The molecule has 2 rings (SSSR count). The predicted octanol–water partition coefficient (Wildman–Crippen LogP) is 1.31. The standard InChI is InChI=1S/C13H16N2O3/c1-8(16)18-7-10(14)4-9-6-15-13-3-2-11(17)5-12(9)13/h2-3,5-6,10,15,17H,4,7,14H2,1H3. The van der Waals surface area contributed by atoms with E-state index >= 15 is 0 Å². The number of aromatic hydroxyl groups is 1. The number of ether oxygens (including phenoxy) is 1. The number of carbonyl (C=O) groups excluding carboxylic acids is 1. The van der Waals surface area contributed by atoms with Crippen LogP contribution in [0.1, 0.15) is 12.5 Å². The van der Waals surface area contributed by atoms with E-state index in [1.54, 1.807) is 12.1 Å². The molecule has 96 valence electrons. The highest BCUT2D eigenvalue weighted by atomic mass is 16.5. The van der Waals surface area contributed by atoms with Crippen LogP contribution in [0, 0.1) is 0 Å². The number of esters is 1. The second kappa shape index (κ2) is 5.10. The van der Waals surface area contributed by atoms with Crippen LogP contribution in [0.3, 0.4) is 0 Å². The van der Waals surface area contributed by atoms with Crippen LogP contribution in [0.4, 0.5) is 0 Å². The third-order valence-corrected chi connectivity index (χ3v) is 2.73. The Kier molecular flexibility index (Phi) is 3.53. The molecule has 1 heterocycles. The van der Waals surface area contributed by atoms with Gasteiger partial charge in [-0.25, -0.2) is 0 Å². The van der Waals surface area contributed by atoms with E-state index < -0.39 is 0 Å². The molecule has 0 aliphatic carbocycles. The number of rotatable bonds is 4. The maximum Gasteiger partial charge on any atom is 0.302 e. The Morgan fingerprint density at radius 2 is 2.33 bits per heavy atom. The van der Waals surface area contributed by atoms with Gasteiger partial charge in [-0.2, -0.15) is 0 Å². The van der Waals surface area contributed by atoms with E-state index in [0.29, 0.717) is 6.42 Å². The first-order valence-corrected chi connectivity index (χ1v) is 5.74. The molecule has 1 aromatic heterocycles. The predicted molar refractivity (Wildman–Crippen MR) is 68.3 cm³/mol. The van der Waals surface area contributed by atoms with Crippen molar-refractivity contribution in [2.45, 2.75) is 19.4 Å². The van der Waals surface area contributed by atoms with Gasteiger partial charge in [-0.15, -0.1) is 0 Å². The van der Waals surface area contributed by atoms with Crippen LogP contribution in [0.15, 0.2) is 24.4 Å². The third-order valence-electron chi connectivity index (χ3n) is 2.73. The Labute approximate surface area is 105 Å². The number of benzene rings is 1. The Bertz CT molecular complexity index is 562. The number of aromatic amines is 1. The quantitative estimate of drug-likeness (QED) is 0.712. The van der Waals surface area contributed by atoms with Gasteiger partial charge < -0.3 is 20.6 Å². The number of aromatic nitrogens is 1. The van der Waals surface area contributed by atoms with Crippen LogP contribution >= 0.6 is 0 Å². The maximum absolute atomic E-state index is 10.7. The highest BCUT2D eigenvalue weighted by molar-refractivity contribution is 5.84. The average molecular weight is 248 g/mol. The van der Waals surface area contributed by atoms with E-state index in [4.69, 9.17) is 10.5 Å². The summed E-state index contributed by atoms with van der Waals surface area (Å²) in [5, 5.41) is 10.4. The SMILES string of the molecule is CC(=O)OCC(N)Cc1c[nH]c2ccc(O)cc12. The zero-order valence-electron chi connectivity index (χ0n) is 10.1. The number of phenols is 1. The lowest BCUT2D eigenvalue weighted by Gasteiger charge is -2.10. The minimum atomic E-state index is -0.331. The molecular weight excluding hydrogens is 232 g/mol. The Hall–Kier alpha value is -2.01. The summed E-state index contributed by atoms with van der Waals surface area (Å²) in [6, 6.07) is 4.88. The van der Waals surface area contributed by atoms with Gasteiger partial charge in [0.05, 0.1) is 0 Å². The zero-order valence-corrected chi connectivity index (χ0v) is 10.1. The van der Waals surface area contributed by atoms with E-state index in [1.807, 2.05) is 12.3 Å². The van der Waals surface area contributed by atoms with E-state index in [2.05, 4.69) is 4.98 Å². The van der Waals surface area contributed by atoms with E-state index in [-0.39, 0.29) is 24.4 Å². The van der Waals surface area contributed by atoms with Crippen molar-refractivity contribution < 1.29 is 14.6 Å². The number of H-pyrrole nitrogens is 1. The number of nitrogens with one attached hydrogen (secondary N) is 1. The van der Waals surface area contributed by atoms with Gasteiger partial charge in [0.2, 0.25) is 0 Å². The summed E-state index contributed by atoms with van der Waals surface area (Å²) in [4.78, 5) is 13.8. The fourth-order valence-electron chi connectivity index (χ4n) is 1.90. The van der Waals surface area contributed by atoms with Gasteiger partial charge in [-0.3, -0.25) is 4.79 Å². The van der Waals surface area contributed by atoms with Crippen LogP contribution in [0.5, 0.6) is 5.75 Å². The number of hydrogen-bond donors (Lipinski definition) is 3. The summed E-state index contributed by atoms with van der Waals surface area (Å²) in [5.41, 5.74) is 7.84. The molecule has 2 aromatic rings. The number of hydrogen-bond acceptors (Lipinski definition) is 4. The summed E-state index contributed by atoms with van der Waals surface area (Å²) in [6.07, 6.45) is 2.44. The first-order chi connectivity index (χ1) is 8.56. The highest BCUT2D eigenvalue weighted by Gasteiger charge is 2.10. The van der Waals surface area contributed by atoms with Crippen LogP contribution < -0.4 is 5.73 Å². The minimum absolute atomic E-state index is 0.195. The second-order valence-corrected chi connectivity index (χ2v) is 4.31. The lowest BCUT2D eigenvalue weighted by atomic mass is 10.1. The molecule has 4 N–H and O–H groups in total. The molecule has 0 spiro atoms. The summed E-state index contributed by atoms with van der Waals surface area (Å²) < 4.78 is 4.86. The number of nitrogens with two attached hydrogens (primary N) is 1. The molecule has 1 unspecified atom stereocenters. The van der Waals surface area contributed by atoms with Crippen LogP contribution in [-0.4, -0.2) is 28.7 Å². The molecule has 0 saturated heterocycles. The van der Waals surface area contributed by atoms with Gasteiger partial charge in [-0.1, -0.05) is 0 Å². The first-order valence-electron chi connectivity index (χ1n) is 5.74. The van der Waals surface area contributed by atoms with Crippen molar-refractivity contribution in [2.75, 3.05) is 6.61 Å². The largest absolute Gasteiger partial charge is 0.508 e. The second-order valence-electron chi connectivity index (χ2n) is 4.31. The molecule has 0 amide bonds. The molecule has 0 radical (unpaired) electrons. The molecule has 0 aliphatic heterocycles. The fourth-order valence-corrected chi connectivity index (χ4v) is 1.90. The van der Waals surface area contributed by atoms with Crippen LogP contribution in [-0.2, 0) is 16.0 Å². The molecule has 5 nitrogen and oxygen atoms in total. The highest BCUT2D eigenvalue weighted by Crippen LogP contribution is 2.23. The smallest absolute Gasteiger partial charge is 0.302 e. The molecule has 0 saturated carbocycles. The summed E-state index contributed by atoms with van der Waals surface area (Å²) >= 11 is 0. The lowest BCUT2D eigenvalue weighted by Crippen LogP contribution is -2.29. The molecule has 18 heavy (non-hydrogen) atoms. The summed E-state index contributed by atoms with van der Waals surface area (Å²) in [7, 11) is 0. The number of fused-ring (bicyclic) bond motifs is 1. The van der Waals surface area contributed by atoms with Gasteiger partial charge in [0.1, 0.15) is 12.4 Å². The van der Waals surface area contributed by atoms with Crippen molar-refractivity contribution >= 4 is 16.9 Å². The maximum atomic E-state index is 10.7. The van der Waals surface area contributed by atoms with Crippen molar-refractivity contribution in [2.24, 2.45) is 5.73 Å². The fraction of sp³-hybridized carbons (Fsp3) is 0.308. The van der Waals surface area contributed by atoms with Gasteiger partial charge in [0, 0.05) is 30.1 Å². The van der Waals surface area contributed by atoms with Crippen molar-refractivity contribution in [3.8, 4) is 5.75 Å². The third kappa shape index (κ3) is 2.81. The summed E-state index contributed by atoms with van der Waals surface area (Å²) in [6.45, 7) is 1.55. The zero-order chi connectivity index (χ0) is 13.1. The average Bonchev–Trinajstić information content (AvgIpc) is 2.69. The van der Waals surface area contributed by atoms with Crippen molar-refractivity contribution in [1.82, 2.24) is 4.98 Å². The summed E-state index contributed by atoms with van der Waals surface area (Å²) in [5.74, 6) is -0.112. The van der Waals surface area contributed by atoms with Crippen molar-refractivity contribution in [1.29, 1.82) is 0 Å².